The summed E-state index contributed by atoms with van der Waals surface area (Å²) in [6.07, 6.45) is 0.953. The van der Waals surface area contributed by atoms with Crippen LogP contribution in [0.3, 0.4) is 0 Å². The Labute approximate surface area is 148 Å². The molecule has 9 nitrogen and oxygen atoms in total. The minimum atomic E-state index is -0.448. The number of benzene rings is 1. The van der Waals surface area contributed by atoms with Crippen molar-refractivity contribution in [1.29, 1.82) is 0 Å². The summed E-state index contributed by atoms with van der Waals surface area (Å²) in [7, 11) is 1.31. The predicted octanol–water partition coefficient (Wildman–Crippen LogP) is 0.462. The van der Waals surface area contributed by atoms with Crippen molar-refractivity contribution in [2.24, 2.45) is 0 Å². The van der Waals surface area contributed by atoms with E-state index in [-0.39, 0.29) is 24.7 Å². The second-order valence-corrected chi connectivity index (χ2v) is 5.76. The van der Waals surface area contributed by atoms with Gasteiger partial charge in [0.05, 0.1) is 19.2 Å². The van der Waals surface area contributed by atoms with Gasteiger partial charge in [-0.05, 0) is 24.1 Å². The SMILES string of the molecule is COC(=O)c1cccc(Cn2c(=O)[nH]c3c(N)nc(CCCO)nc32)c1. The number of rotatable bonds is 6. The summed E-state index contributed by atoms with van der Waals surface area (Å²) < 4.78 is 6.15. The van der Waals surface area contributed by atoms with Gasteiger partial charge in [-0.25, -0.2) is 19.6 Å². The third-order valence-corrected chi connectivity index (χ3v) is 3.94. The number of carbonyl (C=O) groups is 1. The standard InChI is InChI=1S/C17H19N5O4/c1-26-16(24)11-5-2-4-10(8-11)9-22-15-13(21-17(22)25)14(18)19-12(20-15)6-3-7-23/h2,4-5,8,23H,3,6-7,9H2,1H3,(H,21,25)(H2,18,19,20). The number of ether oxygens (including phenoxy) is 1. The van der Waals surface area contributed by atoms with Crippen LogP contribution >= 0.6 is 0 Å². The number of aryl methyl sites for hydroxylation is 1. The number of nitrogen functional groups attached to an aromatic ring is 1. The number of hydrogen-bond donors (Lipinski definition) is 3. The third-order valence-electron chi connectivity index (χ3n) is 3.94. The lowest BCUT2D eigenvalue weighted by Gasteiger charge is -2.07. The Morgan fingerprint density at radius 3 is 2.92 bits per heavy atom. The molecule has 2 aromatic heterocycles. The van der Waals surface area contributed by atoms with Gasteiger partial charge in [0, 0.05) is 13.0 Å². The highest BCUT2D eigenvalue weighted by Gasteiger charge is 2.15. The van der Waals surface area contributed by atoms with E-state index >= 15 is 0 Å². The van der Waals surface area contributed by atoms with E-state index in [2.05, 4.69) is 15.0 Å². The van der Waals surface area contributed by atoms with Crippen LogP contribution in [0, 0.1) is 0 Å². The molecule has 1 aromatic carbocycles. The number of nitrogens with zero attached hydrogens (tertiary/aromatic N) is 3. The molecule has 2 heterocycles. The first-order chi connectivity index (χ1) is 12.5. The molecule has 0 spiro atoms. The van der Waals surface area contributed by atoms with Crippen LogP contribution < -0.4 is 11.4 Å². The monoisotopic (exact) mass is 357 g/mol. The van der Waals surface area contributed by atoms with Crippen molar-refractivity contribution in [3.05, 3.63) is 51.7 Å². The number of aliphatic hydroxyl groups is 1. The maximum Gasteiger partial charge on any atom is 0.337 e. The molecule has 0 aliphatic carbocycles. The number of imidazole rings is 1. The highest BCUT2D eigenvalue weighted by atomic mass is 16.5. The van der Waals surface area contributed by atoms with Gasteiger partial charge in [-0.15, -0.1) is 0 Å². The summed E-state index contributed by atoms with van der Waals surface area (Å²) >= 11 is 0. The van der Waals surface area contributed by atoms with E-state index in [9.17, 15) is 9.59 Å². The molecular formula is C17H19N5O4. The zero-order chi connectivity index (χ0) is 18.7. The number of fused-ring (bicyclic) bond motifs is 1. The van der Waals surface area contributed by atoms with Crippen LogP contribution in [0.4, 0.5) is 5.82 Å². The largest absolute Gasteiger partial charge is 0.465 e. The molecule has 136 valence electrons. The van der Waals surface area contributed by atoms with Gasteiger partial charge >= 0.3 is 11.7 Å². The molecule has 3 aromatic rings. The molecule has 0 radical (unpaired) electrons. The van der Waals surface area contributed by atoms with Crippen LogP contribution in [-0.4, -0.2) is 44.3 Å². The van der Waals surface area contributed by atoms with Gasteiger partial charge in [0.25, 0.3) is 0 Å². The van der Waals surface area contributed by atoms with Crippen LogP contribution in [0.2, 0.25) is 0 Å². The van der Waals surface area contributed by atoms with E-state index in [1.54, 1.807) is 24.3 Å². The Bertz CT molecular complexity index is 1010. The number of anilines is 1. The first-order valence-electron chi connectivity index (χ1n) is 8.06. The highest BCUT2D eigenvalue weighted by molar-refractivity contribution is 5.89. The maximum atomic E-state index is 12.3. The quantitative estimate of drug-likeness (QED) is 0.545. The zero-order valence-electron chi connectivity index (χ0n) is 14.2. The second kappa shape index (κ2) is 7.36. The van der Waals surface area contributed by atoms with E-state index < -0.39 is 5.97 Å². The highest BCUT2D eigenvalue weighted by Crippen LogP contribution is 2.16. The number of aliphatic hydroxyl groups excluding tert-OH is 1. The molecule has 0 saturated carbocycles. The molecule has 0 unspecified atom stereocenters. The Hall–Kier alpha value is -3.20. The number of hydrogen-bond acceptors (Lipinski definition) is 7. The summed E-state index contributed by atoms with van der Waals surface area (Å²) in [5.74, 6) is 0.193. The van der Waals surface area contributed by atoms with Crippen molar-refractivity contribution in [3.63, 3.8) is 0 Å². The van der Waals surface area contributed by atoms with Gasteiger partial charge in [-0.2, -0.15) is 0 Å². The molecule has 0 aliphatic rings. The van der Waals surface area contributed by atoms with Crippen molar-refractivity contribution >= 4 is 23.0 Å². The minimum absolute atomic E-state index is 0.0154. The minimum Gasteiger partial charge on any atom is -0.465 e. The molecule has 26 heavy (non-hydrogen) atoms. The second-order valence-electron chi connectivity index (χ2n) is 5.76. The van der Waals surface area contributed by atoms with Gasteiger partial charge in [-0.3, -0.25) is 4.57 Å². The first-order valence-corrected chi connectivity index (χ1v) is 8.06. The number of esters is 1. The normalized spacial score (nSPS) is 11.0. The van der Waals surface area contributed by atoms with E-state index in [4.69, 9.17) is 15.6 Å². The molecule has 0 aliphatic heterocycles. The molecule has 4 N–H and O–H groups in total. The summed E-state index contributed by atoms with van der Waals surface area (Å²) in [5, 5.41) is 8.97. The number of nitrogens with two attached hydrogens (primary N) is 1. The Morgan fingerprint density at radius 1 is 1.38 bits per heavy atom. The van der Waals surface area contributed by atoms with E-state index in [0.717, 1.165) is 5.56 Å². The van der Waals surface area contributed by atoms with Crippen LogP contribution in [0.15, 0.2) is 29.1 Å². The predicted molar refractivity (Wildman–Crippen MR) is 94.9 cm³/mol. The van der Waals surface area contributed by atoms with Crippen molar-refractivity contribution in [3.8, 4) is 0 Å². The lowest BCUT2D eigenvalue weighted by Crippen LogP contribution is -2.18. The Kier molecular flexibility index (Phi) is 4.99. The van der Waals surface area contributed by atoms with E-state index in [1.165, 1.54) is 11.7 Å². The fourth-order valence-electron chi connectivity index (χ4n) is 2.69. The molecule has 9 heteroatoms. The van der Waals surface area contributed by atoms with Crippen molar-refractivity contribution in [1.82, 2.24) is 19.5 Å². The fourth-order valence-corrected chi connectivity index (χ4v) is 2.69. The van der Waals surface area contributed by atoms with Gasteiger partial charge in [0.2, 0.25) is 0 Å². The molecule has 3 rings (SSSR count). The lowest BCUT2D eigenvalue weighted by molar-refractivity contribution is 0.0600. The first kappa shape index (κ1) is 17.6. The number of nitrogens with one attached hydrogen (secondary N) is 1. The van der Waals surface area contributed by atoms with Crippen LogP contribution in [-0.2, 0) is 17.7 Å². The van der Waals surface area contributed by atoms with E-state index in [0.29, 0.717) is 35.4 Å². The summed E-state index contributed by atoms with van der Waals surface area (Å²) in [6, 6.07) is 6.82. The number of aromatic nitrogens is 4. The van der Waals surface area contributed by atoms with Gasteiger partial charge in [0.1, 0.15) is 11.3 Å². The summed E-state index contributed by atoms with van der Waals surface area (Å²) in [5.41, 5.74) is 7.45. The maximum absolute atomic E-state index is 12.3. The summed E-state index contributed by atoms with van der Waals surface area (Å²) in [6.45, 7) is 0.223. The third kappa shape index (κ3) is 3.42. The Morgan fingerprint density at radius 2 is 2.19 bits per heavy atom. The molecule has 0 atom stereocenters. The summed E-state index contributed by atoms with van der Waals surface area (Å²) in [4.78, 5) is 35.3. The molecule has 0 bridgehead atoms. The zero-order valence-corrected chi connectivity index (χ0v) is 14.2. The fraction of sp³-hybridized carbons (Fsp3) is 0.294. The van der Waals surface area contributed by atoms with E-state index in [1.807, 2.05) is 0 Å². The number of carbonyl (C=O) groups excluding carboxylic acids is 1. The van der Waals surface area contributed by atoms with Crippen molar-refractivity contribution in [2.45, 2.75) is 19.4 Å². The van der Waals surface area contributed by atoms with Gasteiger partial charge in [0.15, 0.2) is 11.5 Å². The van der Waals surface area contributed by atoms with Crippen molar-refractivity contribution in [2.75, 3.05) is 19.5 Å². The topological polar surface area (TPSA) is 136 Å². The van der Waals surface area contributed by atoms with Crippen LogP contribution in [0.25, 0.3) is 11.2 Å². The van der Waals surface area contributed by atoms with Gasteiger partial charge < -0.3 is 20.6 Å². The average Bonchev–Trinajstić information content (AvgIpc) is 2.96. The molecule has 0 amide bonds. The lowest BCUT2D eigenvalue weighted by atomic mass is 10.1. The van der Waals surface area contributed by atoms with Gasteiger partial charge in [-0.1, -0.05) is 12.1 Å². The van der Waals surface area contributed by atoms with Crippen molar-refractivity contribution < 1.29 is 14.6 Å². The van der Waals surface area contributed by atoms with Crippen LogP contribution in [0.1, 0.15) is 28.2 Å². The average molecular weight is 357 g/mol. The Balaban J connectivity index is 2.02. The molecular weight excluding hydrogens is 338 g/mol. The van der Waals surface area contributed by atoms with Crippen LogP contribution in [0.5, 0.6) is 0 Å². The number of H-pyrrole nitrogens is 1. The smallest absolute Gasteiger partial charge is 0.337 e. The number of methoxy groups -OCH3 is 1. The molecule has 0 fully saturated rings. The number of aromatic amines is 1. The molecule has 0 saturated heterocycles.